The van der Waals surface area contributed by atoms with Crippen molar-refractivity contribution in [1.29, 1.82) is 0 Å². The lowest BCUT2D eigenvalue weighted by Crippen LogP contribution is -2.35. The zero-order chi connectivity index (χ0) is 21.2. The Labute approximate surface area is 179 Å². The summed E-state index contributed by atoms with van der Waals surface area (Å²) in [6, 6.07) is 13.5. The maximum Gasteiger partial charge on any atom is 0.190 e. The standard InChI is InChI=1S/C24H23N3O4/c1-29-23-12-21-18(10-19(23)24-13-25-15-31-24)22(28)11-20(26-21)17-4-2-3-16(9-17)14-27-5-7-30-8-6-27/h2-4,9-13,15H,5-8,14H2,1H3,(H,26,28). The van der Waals surface area contributed by atoms with Crippen LogP contribution in [0.3, 0.4) is 0 Å². The molecule has 0 spiro atoms. The molecule has 2 aromatic heterocycles. The van der Waals surface area contributed by atoms with Crippen molar-refractivity contribution in [3.8, 4) is 28.3 Å². The number of oxazole rings is 1. The molecule has 5 rings (SSSR count). The van der Waals surface area contributed by atoms with Crippen molar-refractivity contribution in [2.75, 3.05) is 33.4 Å². The van der Waals surface area contributed by atoms with E-state index in [9.17, 15) is 4.79 Å². The Morgan fingerprint density at radius 1 is 1.16 bits per heavy atom. The van der Waals surface area contributed by atoms with Crippen LogP contribution in [0.5, 0.6) is 5.75 Å². The first-order valence-corrected chi connectivity index (χ1v) is 10.2. The number of H-pyrrole nitrogens is 1. The van der Waals surface area contributed by atoms with Crippen molar-refractivity contribution in [3.05, 3.63) is 70.8 Å². The fraction of sp³-hybridized carbons (Fsp3) is 0.250. The summed E-state index contributed by atoms with van der Waals surface area (Å²) in [5, 5.41) is 0.570. The third-order valence-corrected chi connectivity index (χ3v) is 5.60. The van der Waals surface area contributed by atoms with E-state index in [1.807, 2.05) is 18.2 Å². The Kier molecular flexibility index (Phi) is 5.28. The summed E-state index contributed by atoms with van der Waals surface area (Å²) in [4.78, 5) is 22.7. The van der Waals surface area contributed by atoms with Gasteiger partial charge in [0.05, 0.1) is 37.6 Å². The normalized spacial score (nSPS) is 14.7. The highest BCUT2D eigenvalue weighted by atomic mass is 16.5. The Hall–Kier alpha value is -3.42. The van der Waals surface area contributed by atoms with Crippen LogP contribution in [-0.4, -0.2) is 48.3 Å². The Balaban J connectivity index is 1.53. The first kappa shape index (κ1) is 19.5. The fourth-order valence-electron chi connectivity index (χ4n) is 4.00. The highest BCUT2D eigenvalue weighted by Crippen LogP contribution is 2.33. The molecule has 31 heavy (non-hydrogen) atoms. The Morgan fingerprint density at radius 3 is 2.81 bits per heavy atom. The minimum absolute atomic E-state index is 0.0641. The number of fused-ring (bicyclic) bond motifs is 1. The molecule has 1 N–H and O–H groups in total. The number of aromatic amines is 1. The average Bonchev–Trinajstić information content (AvgIpc) is 3.34. The molecule has 0 radical (unpaired) electrons. The number of nitrogens with one attached hydrogen (secondary N) is 1. The van der Waals surface area contributed by atoms with Crippen LogP contribution in [0.2, 0.25) is 0 Å². The van der Waals surface area contributed by atoms with Gasteiger partial charge in [0.25, 0.3) is 0 Å². The molecule has 7 heteroatoms. The monoisotopic (exact) mass is 417 g/mol. The second-order valence-corrected chi connectivity index (χ2v) is 7.60. The molecule has 0 aliphatic carbocycles. The lowest BCUT2D eigenvalue weighted by Gasteiger charge is -2.26. The number of pyridine rings is 1. The molecule has 1 aliphatic heterocycles. The van der Waals surface area contributed by atoms with E-state index in [4.69, 9.17) is 13.9 Å². The molecule has 1 aliphatic rings. The minimum atomic E-state index is -0.0641. The molecule has 158 valence electrons. The van der Waals surface area contributed by atoms with E-state index >= 15 is 0 Å². The number of methoxy groups -OCH3 is 1. The molecule has 3 heterocycles. The predicted octanol–water partition coefficient (Wildman–Crippen LogP) is 3.69. The van der Waals surface area contributed by atoms with Crippen LogP contribution in [0, 0.1) is 0 Å². The zero-order valence-corrected chi connectivity index (χ0v) is 17.3. The quantitative estimate of drug-likeness (QED) is 0.533. The van der Waals surface area contributed by atoms with Crippen LogP contribution in [0.15, 0.2) is 64.3 Å². The molecule has 0 amide bonds. The van der Waals surface area contributed by atoms with E-state index in [2.05, 4.69) is 27.0 Å². The third-order valence-electron chi connectivity index (χ3n) is 5.60. The number of morpholine rings is 1. The number of aromatic nitrogens is 2. The number of rotatable bonds is 5. The third kappa shape index (κ3) is 3.97. The van der Waals surface area contributed by atoms with E-state index in [1.165, 1.54) is 12.0 Å². The van der Waals surface area contributed by atoms with Gasteiger partial charge in [-0.2, -0.15) is 0 Å². The summed E-state index contributed by atoms with van der Waals surface area (Å²) in [7, 11) is 1.60. The SMILES string of the molecule is COc1cc2[nH]c(-c3cccc(CN4CCOCC4)c3)cc(=O)c2cc1-c1cnco1. The van der Waals surface area contributed by atoms with Gasteiger partial charge in [0, 0.05) is 42.8 Å². The molecule has 0 saturated carbocycles. The first-order chi connectivity index (χ1) is 15.2. The molecular formula is C24H23N3O4. The van der Waals surface area contributed by atoms with Gasteiger partial charge in [-0.05, 0) is 23.3 Å². The lowest BCUT2D eigenvalue weighted by atomic mass is 10.0. The summed E-state index contributed by atoms with van der Waals surface area (Å²) in [5.74, 6) is 1.16. The predicted molar refractivity (Wildman–Crippen MR) is 118 cm³/mol. The number of hydrogen-bond acceptors (Lipinski definition) is 6. The van der Waals surface area contributed by atoms with Gasteiger partial charge in [0.2, 0.25) is 0 Å². The van der Waals surface area contributed by atoms with E-state index in [-0.39, 0.29) is 5.43 Å². The van der Waals surface area contributed by atoms with Gasteiger partial charge < -0.3 is 18.9 Å². The molecule has 2 aromatic carbocycles. The highest BCUT2D eigenvalue weighted by Gasteiger charge is 2.15. The molecular weight excluding hydrogens is 394 g/mol. The van der Waals surface area contributed by atoms with Crippen LogP contribution in [0.1, 0.15) is 5.56 Å². The van der Waals surface area contributed by atoms with Gasteiger partial charge in [0.15, 0.2) is 17.6 Å². The average molecular weight is 417 g/mol. The smallest absolute Gasteiger partial charge is 0.190 e. The molecule has 1 saturated heterocycles. The molecule has 0 unspecified atom stereocenters. The summed E-state index contributed by atoms with van der Waals surface area (Å²) in [6.07, 6.45) is 2.96. The van der Waals surface area contributed by atoms with Crippen molar-refractivity contribution in [2.24, 2.45) is 0 Å². The fourth-order valence-corrected chi connectivity index (χ4v) is 4.00. The van der Waals surface area contributed by atoms with Crippen LogP contribution < -0.4 is 10.2 Å². The number of benzene rings is 2. The molecule has 1 fully saturated rings. The van der Waals surface area contributed by atoms with Gasteiger partial charge >= 0.3 is 0 Å². The van der Waals surface area contributed by atoms with E-state index in [0.29, 0.717) is 28.0 Å². The second-order valence-electron chi connectivity index (χ2n) is 7.60. The van der Waals surface area contributed by atoms with Crippen LogP contribution >= 0.6 is 0 Å². The van der Waals surface area contributed by atoms with Gasteiger partial charge in [-0.3, -0.25) is 9.69 Å². The topological polar surface area (TPSA) is 80.6 Å². The number of nitrogens with zero attached hydrogens (tertiary/aromatic N) is 2. The summed E-state index contributed by atoms with van der Waals surface area (Å²) < 4.78 is 16.4. The molecule has 4 aromatic rings. The van der Waals surface area contributed by atoms with E-state index in [0.717, 1.165) is 44.1 Å². The van der Waals surface area contributed by atoms with Crippen molar-refractivity contribution in [3.63, 3.8) is 0 Å². The second kappa shape index (κ2) is 8.37. The summed E-state index contributed by atoms with van der Waals surface area (Å²) >= 11 is 0. The van der Waals surface area contributed by atoms with Crippen molar-refractivity contribution in [2.45, 2.75) is 6.54 Å². The lowest BCUT2D eigenvalue weighted by molar-refractivity contribution is 0.0342. The van der Waals surface area contributed by atoms with E-state index < -0.39 is 0 Å². The minimum Gasteiger partial charge on any atom is -0.496 e. The summed E-state index contributed by atoms with van der Waals surface area (Å²) in [6.45, 7) is 4.28. The molecule has 0 bridgehead atoms. The Bertz CT molecular complexity index is 1260. The van der Waals surface area contributed by atoms with Crippen LogP contribution in [-0.2, 0) is 11.3 Å². The zero-order valence-electron chi connectivity index (χ0n) is 17.3. The highest BCUT2D eigenvalue weighted by molar-refractivity contribution is 5.88. The van der Waals surface area contributed by atoms with Gasteiger partial charge in [-0.1, -0.05) is 18.2 Å². The number of ether oxygens (including phenoxy) is 2. The summed E-state index contributed by atoms with van der Waals surface area (Å²) in [5.41, 5.74) is 4.29. The van der Waals surface area contributed by atoms with Crippen molar-refractivity contribution < 1.29 is 13.9 Å². The maximum atomic E-state index is 13.0. The number of hydrogen-bond donors (Lipinski definition) is 1. The van der Waals surface area contributed by atoms with E-state index in [1.54, 1.807) is 25.4 Å². The van der Waals surface area contributed by atoms with Gasteiger partial charge in [0.1, 0.15) is 5.75 Å². The van der Waals surface area contributed by atoms with Crippen LogP contribution in [0.25, 0.3) is 33.5 Å². The largest absolute Gasteiger partial charge is 0.496 e. The first-order valence-electron chi connectivity index (χ1n) is 10.2. The van der Waals surface area contributed by atoms with Gasteiger partial charge in [-0.25, -0.2) is 4.98 Å². The molecule has 0 atom stereocenters. The maximum absolute atomic E-state index is 13.0. The van der Waals surface area contributed by atoms with Crippen molar-refractivity contribution >= 4 is 10.9 Å². The van der Waals surface area contributed by atoms with Crippen LogP contribution in [0.4, 0.5) is 0 Å². The van der Waals surface area contributed by atoms with Gasteiger partial charge in [-0.15, -0.1) is 0 Å². The van der Waals surface area contributed by atoms with Crippen molar-refractivity contribution in [1.82, 2.24) is 14.9 Å². The Morgan fingerprint density at radius 2 is 2.03 bits per heavy atom. The molecule has 7 nitrogen and oxygen atoms in total.